The molecule has 0 aliphatic heterocycles. The van der Waals surface area contributed by atoms with Crippen molar-refractivity contribution in [2.24, 2.45) is 0 Å². The first-order chi connectivity index (χ1) is 11.4. The molecule has 124 valence electrons. The van der Waals surface area contributed by atoms with E-state index >= 15 is 0 Å². The number of amides is 1. The van der Waals surface area contributed by atoms with Gasteiger partial charge in [-0.3, -0.25) is 4.79 Å². The molecule has 0 unspecified atom stereocenters. The van der Waals surface area contributed by atoms with Crippen LogP contribution < -0.4 is 10.1 Å². The number of nitrogens with one attached hydrogen (secondary N) is 2. The first-order valence-electron chi connectivity index (χ1n) is 7.80. The van der Waals surface area contributed by atoms with Crippen LogP contribution in [0.5, 0.6) is 5.75 Å². The Balaban J connectivity index is 1.81. The molecule has 1 aromatic heterocycles. The number of carbonyl (C=O) groups is 1. The molecule has 5 heteroatoms. The topological polar surface area (TPSA) is 54.1 Å². The monoisotopic (exact) mass is 326 g/mol. The van der Waals surface area contributed by atoms with Gasteiger partial charge in [-0.25, -0.2) is 4.39 Å². The van der Waals surface area contributed by atoms with E-state index in [-0.39, 0.29) is 17.8 Å². The average molecular weight is 326 g/mol. The van der Waals surface area contributed by atoms with Gasteiger partial charge in [-0.2, -0.15) is 0 Å². The van der Waals surface area contributed by atoms with Gasteiger partial charge in [0.1, 0.15) is 17.3 Å². The maximum Gasteiger partial charge on any atom is 0.272 e. The van der Waals surface area contributed by atoms with Crippen molar-refractivity contribution in [3.05, 3.63) is 59.5 Å². The number of rotatable bonds is 4. The lowest BCUT2D eigenvalue weighted by molar-refractivity contribution is 0.102. The largest absolute Gasteiger partial charge is 0.491 e. The summed E-state index contributed by atoms with van der Waals surface area (Å²) in [5.41, 5.74) is 2.56. The van der Waals surface area contributed by atoms with Gasteiger partial charge in [-0.05, 0) is 68.8 Å². The Morgan fingerprint density at radius 2 is 1.88 bits per heavy atom. The third-order valence-corrected chi connectivity index (χ3v) is 3.73. The van der Waals surface area contributed by atoms with Crippen molar-refractivity contribution < 1.29 is 13.9 Å². The van der Waals surface area contributed by atoms with E-state index in [4.69, 9.17) is 4.74 Å². The van der Waals surface area contributed by atoms with Crippen LogP contribution in [-0.4, -0.2) is 17.0 Å². The standard InChI is InChI=1S/C19H19FN2O2/c1-11(2)24-15-7-5-14(6-8-15)21-19(23)18-12(3)16-10-13(20)4-9-17(16)22-18/h4-11,22H,1-3H3,(H,21,23). The molecule has 0 spiro atoms. The number of halogens is 1. The molecule has 1 amide bonds. The highest BCUT2D eigenvalue weighted by molar-refractivity contribution is 6.07. The van der Waals surface area contributed by atoms with Crippen molar-refractivity contribution in [3.63, 3.8) is 0 Å². The highest BCUT2D eigenvalue weighted by Gasteiger charge is 2.15. The van der Waals surface area contributed by atoms with Gasteiger partial charge in [0.25, 0.3) is 5.91 Å². The van der Waals surface area contributed by atoms with Gasteiger partial charge in [0.2, 0.25) is 0 Å². The number of fused-ring (bicyclic) bond motifs is 1. The van der Waals surface area contributed by atoms with E-state index in [9.17, 15) is 9.18 Å². The van der Waals surface area contributed by atoms with E-state index in [2.05, 4.69) is 10.3 Å². The molecule has 3 rings (SSSR count). The van der Waals surface area contributed by atoms with Crippen LogP contribution in [0.1, 0.15) is 29.9 Å². The first kappa shape index (κ1) is 16.1. The fraction of sp³-hybridized carbons (Fsp3) is 0.211. The molecule has 0 saturated carbocycles. The Morgan fingerprint density at radius 1 is 1.17 bits per heavy atom. The molecular formula is C19H19FN2O2. The van der Waals surface area contributed by atoms with Crippen molar-refractivity contribution in [2.75, 3.05) is 5.32 Å². The number of aromatic nitrogens is 1. The zero-order valence-electron chi connectivity index (χ0n) is 13.8. The summed E-state index contributed by atoms with van der Waals surface area (Å²) in [6, 6.07) is 11.6. The predicted molar refractivity (Wildman–Crippen MR) is 93.2 cm³/mol. The van der Waals surface area contributed by atoms with Crippen molar-refractivity contribution in [1.82, 2.24) is 4.98 Å². The minimum absolute atomic E-state index is 0.0971. The minimum Gasteiger partial charge on any atom is -0.491 e. The summed E-state index contributed by atoms with van der Waals surface area (Å²) in [7, 11) is 0. The van der Waals surface area contributed by atoms with E-state index < -0.39 is 0 Å². The summed E-state index contributed by atoms with van der Waals surface area (Å²) in [5, 5.41) is 3.54. The first-order valence-corrected chi connectivity index (χ1v) is 7.80. The molecule has 1 heterocycles. The number of hydrogen-bond acceptors (Lipinski definition) is 2. The molecule has 0 aliphatic carbocycles. The zero-order chi connectivity index (χ0) is 17.3. The molecule has 4 nitrogen and oxygen atoms in total. The van der Waals surface area contributed by atoms with Crippen molar-refractivity contribution in [3.8, 4) is 5.75 Å². The fourth-order valence-electron chi connectivity index (χ4n) is 2.61. The highest BCUT2D eigenvalue weighted by Crippen LogP contribution is 2.24. The lowest BCUT2D eigenvalue weighted by atomic mass is 10.1. The Bertz CT molecular complexity index is 882. The highest BCUT2D eigenvalue weighted by atomic mass is 19.1. The molecule has 0 saturated heterocycles. The second kappa shape index (κ2) is 6.35. The van der Waals surface area contributed by atoms with Gasteiger partial charge >= 0.3 is 0 Å². The van der Waals surface area contributed by atoms with Gasteiger partial charge in [-0.1, -0.05) is 0 Å². The van der Waals surface area contributed by atoms with Gasteiger partial charge in [0.15, 0.2) is 0 Å². The second-order valence-corrected chi connectivity index (χ2v) is 5.96. The number of carbonyl (C=O) groups excluding carboxylic acids is 1. The molecule has 2 N–H and O–H groups in total. The van der Waals surface area contributed by atoms with E-state index in [1.165, 1.54) is 12.1 Å². The minimum atomic E-state index is -0.322. The Hall–Kier alpha value is -2.82. The SMILES string of the molecule is Cc1c(C(=O)Nc2ccc(OC(C)C)cc2)[nH]c2ccc(F)cc12. The van der Waals surface area contributed by atoms with Crippen LogP contribution in [0.3, 0.4) is 0 Å². The summed E-state index contributed by atoms with van der Waals surface area (Å²) in [6.45, 7) is 5.71. The van der Waals surface area contributed by atoms with Crippen LogP contribution in [0.2, 0.25) is 0 Å². The van der Waals surface area contributed by atoms with E-state index in [1.54, 1.807) is 25.1 Å². The number of aryl methyl sites for hydroxylation is 1. The smallest absolute Gasteiger partial charge is 0.272 e. The van der Waals surface area contributed by atoms with Crippen molar-refractivity contribution in [2.45, 2.75) is 26.9 Å². The molecule has 0 fully saturated rings. The van der Waals surface area contributed by atoms with Gasteiger partial charge < -0.3 is 15.0 Å². The molecule has 0 bridgehead atoms. The van der Waals surface area contributed by atoms with Crippen LogP contribution >= 0.6 is 0 Å². The zero-order valence-corrected chi connectivity index (χ0v) is 13.8. The Morgan fingerprint density at radius 3 is 2.54 bits per heavy atom. The van der Waals surface area contributed by atoms with E-state index in [1.807, 2.05) is 26.0 Å². The molecular weight excluding hydrogens is 307 g/mol. The van der Waals surface area contributed by atoms with Crippen LogP contribution in [0.4, 0.5) is 10.1 Å². The van der Waals surface area contributed by atoms with Gasteiger partial charge in [0.05, 0.1) is 6.10 Å². The number of benzene rings is 2. The predicted octanol–water partition coefficient (Wildman–Crippen LogP) is 4.65. The second-order valence-electron chi connectivity index (χ2n) is 5.96. The molecule has 0 atom stereocenters. The third-order valence-electron chi connectivity index (χ3n) is 3.73. The third kappa shape index (κ3) is 3.25. The summed E-state index contributed by atoms with van der Waals surface area (Å²) < 4.78 is 19.0. The maximum atomic E-state index is 13.4. The van der Waals surface area contributed by atoms with Crippen molar-refractivity contribution in [1.29, 1.82) is 0 Å². The average Bonchev–Trinajstić information content (AvgIpc) is 2.86. The number of aromatic amines is 1. The van der Waals surface area contributed by atoms with Crippen LogP contribution in [0.25, 0.3) is 10.9 Å². The quantitative estimate of drug-likeness (QED) is 0.733. The van der Waals surface area contributed by atoms with Crippen LogP contribution in [-0.2, 0) is 0 Å². The van der Waals surface area contributed by atoms with Crippen molar-refractivity contribution >= 4 is 22.5 Å². The lowest BCUT2D eigenvalue weighted by Gasteiger charge is -2.10. The van der Waals surface area contributed by atoms with Gasteiger partial charge in [-0.15, -0.1) is 0 Å². The summed E-state index contributed by atoms with van der Waals surface area (Å²) in [6.07, 6.45) is 0.0971. The molecule has 0 radical (unpaired) electrons. The van der Waals surface area contributed by atoms with Gasteiger partial charge in [0, 0.05) is 16.6 Å². The molecule has 24 heavy (non-hydrogen) atoms. The van der Waals surface area contributed by atoms with E-state index in [0.717, 1.165) is 16.8 Å². The normalized spacial score (nSPS) is 11.0. The molecule has 2 aromatic carbocycles. The maximum absolute atomic E-state index is 13.4. The van der Waals surface area contributed by atoms with Crippen LogP contribution in [0.15, 0.2) is 42.5 Å². The summed E-state index contributed by atoms with van der Waals surface area (Å²) in [4.78, 5) is 15.5. The molecule has 3 aromatic rings. The lowest BCUT2D eigenvalue weighted by Crippen LogP contribution is -2.13. The number of H-pyrrole nitrogens is 1. The molecule has 0 aliphatic rings. The Kier molecular flexibility index (Phi) is 4.25. The van der Waals surface area contributed by atoms with E-state index in [0.29, 0.717) is 16.8 Å². The van der Waals surface area contributed by atoms with Crippen LogP contribution in [0, 0.1) is 12.7 Å². The summed E-state index contributed by atoms with van der Waals surface area (Å²) >= 11 is 0. The Labute approximate surface area is 139 Å². The number of hydrogen-bond donors (Lipinski definition) is 2. The fourth-order valence-corrected chi connectivity index (χ4v) is 2.61. The summed E-state index contributed by atoms with van der Waals surface area (Å²) in [5.74, 6) is 0.166. The number of ether oxygens (including phenoxy) is 1. The number of anilines is 1.